The summed E-state index contributed by atoms with van der Waals surface area (Å²) < 4.78 is 21.2. The third-order valence-electron chi connectivity index (χ3n) is 9.65. The molecule has 0 saturated heterocycles. The Kier molecular flexibility index (Phi) is 24.0. The maximum absolute atomic E-state index is 13.2. The van der Waals surface area contributed by atoms with Gasteiger partial charge in [-0.2, -0.15) is 0 Å². The summed E-state index contributed by atoms with van der Waals surface area (Å²) >= 11 is 0. The van der Waals surface area contributed by atoms with Gasteiger partial charge in [0.15, 0.2) is 0 Å². The van der Waals surface area contributed by atoms with Crippen LogP contribution in [0.2, 0.25) is 0 Å². The summed E-state index contributed by atoms with van der Waals surface area (Å²) in [5, 5.41) is 19.5. The number of unbranched alkanes of at least 4 members (excludes halogenated alkanes) is 2. The van der Waals surface area contributed by atoms with E-state index in [4.69, 9.17) is 18.9 Å². The molecule has 65 heavy (non-hydrogen) atoms. The van der Waals surface area contributed by atoms with E-state index < -0.39 is 48.3 Å². The van der Waals surface area contributed by atoms with Crippen molar-refractivity contribution in [3.63, 3.8) is 0 Å². The van der Waals surface area contributed by atoms with Gasteiger partial charge in [0, 0.05) is 39.3 Å². The Morgan fingerprint density at radius 3 is 0.985 bits per heavy atom. The highest BCUT2D eigenvalue weighted by Gasteiger charge is 2.22. The molecule has 4 aromatic rings. The van der Waals surface area contributed by atoms with Gasteiger partial charge in [-0.1, -0.05) is 121 Å². The van der Waals surface area contributed by atoms with Gasteiger partial charge >= 0.3 is 24.4 Å². The molecule has 0 saturated carbocycles. The zero-order valence-corrected chi connectivity index (χ0v) is 36.6. The van der Waals surface area contributed by atoms with Crippen molar-refractivity contribution in [1.82, 2.24) is 37.2 Å². The van der Waals surface area contributed by atoms with Crippen molar-refractivity contribution >= 4 is 36.2 Å². The Morgan fingerprint density at radius 1 is 0.354 bits per heavy atom. The largest absolute Gasteiger partial charge is 0.445 e. The standard InChI is InChI=1S/C48H61N7O10/c56-43(41(54-47(60)64-35-39-21-9-3-10-22-39)25-13-15-27-52-45(58)62-33-37-17-5-1-6-18-37)50-31-29-49-30-32-51-44(57)42(55-48(61)65-36-40-23-11-4-12-24-40)26-14-16-28-53-46(59)63-34-38-19-7-2-8-20-38/h1-12,17-24,41-42,49H,13-16,25-36H2,(H,50,56)(H,51,57)(H,52,58)(H,53,59)(H,54,60)(H,55,61)/t41-,42-/m0/s1. The van der Waals surface area contributed by atoms with Gasteiger partial charge in [0.05, 0.1) is 0 Å². The number of hydrogen-bond acceptors (Lipinski definition) is 11. The lowest BCUT2D eigenvalue weighted by atomic mass is 10.1. The Balaban J connectivity index is 1.15. The van der Waals surface area contributed by atoms with E-state index in [1.807, 2.05) is 121 Å². The number of benzene rings is 4. The molecule has 17 heteroatoms. The van der Waals surface area contributed by atoms with Crippen LogP contribution in [0.15, 0.2) is 121 Å². The van der Waals surface area contributed by atoms with Crippen molar-refractivity contribution in [3.8, 4) is 0 Å². The smallest absolute Gasteiger partial charge is 0.408 e. The average molecular weight is 896 g/mol. The molecule has 0 radical (unpaired) electrons. The quantitative estimate of drug-likeness (QED) is 0.0275. The summed E-state index contributed by atoms with van der Waals surface area (Å²) in [7, 11) is 0. The summed E-state index contributed by atoms with van der Waals surface area (Å²) in [5.74, 6) is -0.807. The molecule has 0 heterocycles. The number of alkyl carbamates (subject to hydrolysis) is 4. The number of carbonyl (C=O) groups excluding carboxylic acids is 6. The van der Waals surface area contributed by atoms with Crippen LogP contribution in [0.3, 0.4) is 0 Å². The molecule has 0 aromatic heterocycles. The summed E-state index contributed by atoms with van der Waals surface area (Å²) in [6.07, 6.45) is 0.0998. The highest BCUT2D eigenvalue weighted by Crippen LogP contribution is 2.08. The highest BCUT2D eigenvalue weighted by atomic mass is 16.6. The highest BCUT2D eigenvalue weighted by molar-refractivity contribution is 5.86. The second-order valence-electron chi connectivity index (χ2n) is 14.8. The molecule has 4 aromatic carbocycles. The topological polar surface area (TPSA) is 224 Å². The average Bonchev–Trinajstić information content (AvgIpc) is 3.33. The SMILES string of the molecule is O=C(NCCCC[C@H](NC(=O)OCc1ccccc1)C(=O)NCCNCCNC(=O)[C@H](CCCCNC(=O)OCc1ccccc1)NC(=O)OCc1ccccc1)OCc1ccccc1. The molecular weight excluding hydrogens is 835 g/mol. The van der Waals surface area contributed by atoms with E-state index in [2.05, 4.69) is 37.2 Å². The minimum absolute atomic E-state index is 0.0387. The van der Waals surface area contributed by atoms with Crippen LogP contribution in [0.25, 0.3) is 0 Å². The number of ether oxygens (including phenoxy) is 4. The fourth-order valence-corrected chi connectivity index (χ4v) is 6.15. The predicted octanol–water partition coefficient (Wildman–Crippen LogP) is 5.59. The van der Waals surface area contributed by atoms with Gasteiger partial charge in [-0.15, -0.1) is 0 Å². The molecule has 0 aliphatic carbocycles. The van der Waals surface area contributed by atoms with Crippen molar-refractivity contribution in [3.05, 3.63) is 144 Å². The van der Waals surface area contributed by atoms with Crippen LogP contribution in [-0.4, -0.2) is 87.5 Å². The molecule has 348 valence electrons. The van der Waals surface area contributed by atoms with Crippen LogP contribution in [0.1, 0.15) is 60.8 Å². The van der Waals surface area contributed by atoms with Gasteiger partial charge < -0.3 is 56.2 Å². The van der Waals surface area contributed by atoms with E-state index in [9.17, 15) is 28.8 Å². The predicted molar refractivity (Wildman–Crippen MR) is 243 cm³/mol. The summed E-state index contributed by atoms with van der Waals surface area (Å²) in [6.45, 7) is 2.19. The van der Waals surface area contributed by atoms with E-state index in [0.717, 1.165) is 22.3 Å². The third-order valence-corrected chi connectivity index (χ3v) is 9.65. The molecule has 17 nitrogen and oxygen atoms in total. The first kappa shape index (κ1) is 50.5. The van der Waals surface area contributed by atoms with E-state index in [0.29, 0.717) is 64.7 Å². The first-order valence-electron chi connectivity index (χ1n) is 21.8. The Hall–Kier alpha value is -7.14. The minimum atomic E-state index is -0.893. The van der Waals surface area contributed by atoms with Gasteiger partial charge in [-0.05, 0) is 60.8 Å². The van der Waals surface area contributed by atoms with Crippen molar-refractivity contribution < 1.29 is 47.7 Å². The summed E-state index contributed by atoms with van der Waals surface area (Å²) in [4.78, 5) is 76.1. The number of rotatable bonds is 28. The summed E-state index contributed by atoms with van der Waals surface area (Å²) in [5.41, 5.74) is 3.34. The van der Waals surface area contributed by atoms with Crippen molar-refractivity contribution in [2.75, 3.05) is 39.3 Å². The number of carbonyl (C=O) groups is 6. The van der Waals surface area contributed by atoms with Crippen LogP contribution < -0.4 is 37.2 Å². The molecule has 4 rings (SSSR count). The number of nitrogens with one attached hydrogen (secondary N) is 7. The lowest BCUT2D eigenvalue weighted by molar-refractivity contribution is -0.123. The lowest BCUT2D eigenvalue weighted by Crippen LogP contribution is -2.49. The van der Waals surface area contributed by atoms with Crippen molar-refractivity contribution in [1.29, 1.82) is 0 Å². The second kappa shape index (κ2) is 30.8. The van der Waals surface area contributed by atoms with E-state index in [1.165, 1.54) is 0 Å². The summed E-state index contributed by atoms with van der Waals surface area (Å²) in [6, 6.07) is 35.2. The Bertz CT molecular complexity index is 1850. The van der Waals surface area contributed by atoms with Gasteiger partial charge in [0.2, 0.25) is 11.8 Å². The third kappa shape index (κ3) is 22.7. The minimum Gasteiger partial charge on any atom is -0.445 e. The molecule has 0 unspecified atom stereocenters. The molecule has 0 fully saturated rings. The first-order chi connectivity index (χ1) is 31.7. The molecule has 0 aliphatic heterocycles. The Morgan fingerprint density at radius 2 is 0.662 bits per heavy atom. The van der Waals surface area contributed by atoms with E-state index >= 15 is 0 Å². The molecule has 0 aliphatic rings. The van der Waals surface area contributed by atoms with Crippen molar-refractivity contribution in [2.45, 2.75) is 77.0 Å². The van der Waals surface area contributed by atoms with Crippen LogP contribution in [-0.2, 0) is 55.0 Å². The molecule has 2 atom stereocenters. The van der Waals surface area contributed by atoms with E-state index in [1.54, 1.807) is 0 Å². The maximum atomic E-state index is 13.2. The number of hydrogen-bond donors (Lipinski definition) is 7. The van der Waals surface area contributed by atoms with Gasteiger partial charge in [0.25, 0.3) is 0 Å². The zero-order valence-electron chi connectivity index (χ0n) is 36.6. The van der Waals surface area contributed by atoms with Crippen LogP contribution in [0.5, 0.6) is 0 Å². The lowest BCUT2D eigenvalue weighted by Gasteiger charge is -2.19. The zero-order chi connectivity index (χ0) is 46.2. The molecule has 7 N–H and O–H groups in total. The first-order valence-corrected chi connectivity index (χ1v) is 21.8. The van der Waals surface area contributed by atoms with Crippen LogP contribution in [0, 0.1) is 0 Å². The van der Waals surface area contributed by atoms with Gasteiger partial charge in [-0.3, -0.25) is 9.59 Å². The fourth-order valence-electron chi connectivity index (χ4n) is 6.15. The fraction of sp³-hybridized carbons (Fsp3) is 0.375. The van der Waals surface area contributed by atoms with Crippen molar-refractivity contribution in [2.24, 2.45) is 0 Å². The van der Waals surface area contributed by atoms with Crippen LogP contribution >= 0.6 is 0 Å². The maximum Gasteiger partial charge on any atom is 0.408 e. The monoisotopic (exact) mass is 895 g/mol. The molecule has 0 bridgehead atoms. The normalized spacial score (nSPS) is 11.4. The second-order valence-corrected chi connectivity index (χ2v) is 14.8. The molecule has 0 spiro atoms. The van der Waals surface area contributed by atoms with Gasteiger partial charge in [0.1, 0.15) is 38.5 Å². The Labute approximate surface area is 380 Å². The van der Waals surface area contributed by atoms with Gasteiger partial charge in [-0.25, -0.2) is 19.2 Å². The number of amides is 6. The van der Waals surface area contributed by atoms with E-state index in [-0.39, 0.29) is 39.5 Å². The molecular formula is C48H61N7O10. The van der Waals surface area contributed by atoms with Crippen LogP contribution in [0.4, 0.5) is 19.2 Å². The molecule has 6 amide bonds.